The standard InChI is InChI=1S/C14H14N2O3S2/c1-15(9-13-3-2-8-20-13)14(17)10-21-12-6-4-11(5-7-12)16(18)19/h2-8H,9-10H2,1H3. The molecule has 5 nitrogen and oxygen atoms in total. The molecule has 1 heterocycles. The number of hydrogen-bond donors (Lipinski definition) is 0. The molecule has 0 saturated heterocycles. The number of nitro benzene ring substituents is 1. The van der Waals surface area contributed by atoms with Crippen molar-refractivity contribution in [1.82, 2.24) is 4.90 Å². The van der Waals surface area contributed by atoms with Crippen LogP contribution in [0.3, 0.4) is 0 Å². The van der Waals surface area contributed by atoms with E-state index in [2.05, 4.69) is 0 Å². The summed E-state index contributed by atoms with van der Waals surface area (Å²) in [5.74, 6) is 0.353. The third kappa shape index (κ3) is 4.57. The lowest BCUT2D eigenvalue weighted by Gasteiger charge is -2.15. The highest BCUT2D eigenvalue weighted by atomic mass is 32.2. The maximum Gasteiger partial charge on any atom is 0.269 e. The lowest BCUT2D eigenvalue weighted by molar-refractivity contribution is -0.384. The Morgan fingerprint density at radius 1 is 1.33 bits per heavy atom. The van der Waals surface area contributed by atoms with Crippen LogP contribution in [0.1, 0.15) is 4.88 Å². The molecule has 110 valence electrons. The van der Waals surface area contributed by atoms with Gasteiger partial charge in [-0.3, -0.25) is 14.9 Å². The second-order valence-corrected chi connectivity index (χ2v) is 6.45. The highest BCUT2D eigenvalue weighted by Gasteiger charge is 2.11. The quantitative estimate of drug-likeness (QED) is 0.464. The fraction of sp³-hybridized carbons (Fsp3) is 0.214. The molecule has 0 unspecified atom stereocenters. The molecule has 1 aromatic heterocycles. The van der Waals surface area contributed by atoms with E-state index >= 15 is 0 Å². The van der Waals surface area contributed by atoms with Gasteiger partial charge in [0, 0.05) is 29.0 Å². The minimum absolute atomic E-state index is 0.0340. The zero-order valence-electron chi connectivity index (χ0n) is 11.4. The number of benzene rings is 1. The van der Waals surface area contributed by atoms with E-state index in [0.717, 1.165) is 9.77 Å². The third-order valence-corrected chi connectivity index (χ3v) is 4.67. The minimum Gasteiger partial charge on any atom is -0.340 e. The lowest BCUT2D eigenvalue weighted by Crippen LogP contribution is -2.27. The molecule has 0 atom stereocenters. The van der Waals surface area contributed by atoms with Crippen LogP contribution in [0.2, 0.25) is 0 Å². The van der Waals surface area contributed by atoms with Gasteiger partial charge in [-0.05, 0) is 23.6 Å². The highest BCUT2D eigenvalue weighted by Crippen LogP contribution is 2.22. The number of carbonyl (C=O) groups excluding carboxylic acids is 1. The van der Waals surface area contributed by atoms with E-state index in [4.69, 9.17) is 0 Å². The van der Waals surface area contributed by atoms with Crippen LogP contribution in [-0.4, -0.2) is 28.5 Å². The van der Waals surface area contributed by atoms with Gasteiger partial charge in [0.25, 0.3) is 5.69 Å². The van der Waals surface area contributed by atoms with E-state index in [1.54, 1.807) is 35.4 Å². The smallest absolute Gasteiger partial charge is 0.269 e. The summed E-state index contributed by atoms with van der Waals surface area (Å²) in [6, 6.07) is 10.2. The Morgan fingerprint density at radius 3 is 2.62 bits per heavy atom. The van der Waals surface area contributed by atoms with Crippen molar-refractivity contribution in [2.45, 2.75) is 11.4 Å². The SMILES string of the molecule is CN(Cc1cccs1)C(=O)CSc1ccc([N+](=O)[O-])cc1. The van der Waals surface area contributed by atoms with E-state index in [-0.39, 0.29) is 11.6 Å². The summed E-state index contributed by atoms with van der Waals surface area (Å²) in [6.07, 6.45) is 0. The molecule has 0 spiro atoms. The van der Waals surface area contributed by atoms with Crippen LogP contribution in [0.25, 0.3) is 0 Å². The number of nitrogens with zero attached hydrogens (tertiary/aromatic N) is 2. The number of thiophene rings is 1. The zero-order valence-corrected chi connectivity index (χ0v) is 13.0. The first-order chi connectivity index (χ1) is 10.1. The average molecular weight is 322 g/mol. The first-order valence-electron chi connectivity index (χ1n) is 6.20. The molecule has 21 heavy (non-hydrogen) atoms. The molecule has 7 heteroatoms. The van der Waals surface area contributed by atoms with Crippen molar-refractivity contribution < 1.29 is 9.72 Å². The molecule has 0 aliphatic rings. The normalized spacial score (nSPS) is 10.3. The number of hydrogen-bond acceptors (Lipinski definition) is 5. The van der Waals surface area contributed by atoms with Gasteiger partial charge in [-0.15, -0.1) is 23.1 Å². The van der Waals surface area contributed by atoms with E-state index in [9.17, 15) is 14.9 Å². The number of thioether (sulfide) groups is 1. The minimum atomic E-state index is -0.436. The maximum atomic E-state index is 12.0. The molecule has 1 amide bonds. The Hall–Kier alpha value is -1.86. The van der Waals surface area contributed by atoms with Gasteiger partial charge in [0.05, 0.1) is 17.2 Å². The largest absolute Gasteiger partial charge is 0.340 e. The Bertz CT molecular complexity index is 612. The Labute approximate surface area is 130 Å². The predicted molar refractivity (Wildman–Crippen MR) is 84.6 cm³/mol. The summed E-state index contributed by atoms with van der Waals surface area (Å²) in [6.45, 7) is 0.608. The number of nitro groups is 1. The molecule has 0 bridgehead atoms. The Morgan fingerprint density at radius 2 is 2.05 bits per heavy atom. The van der Waals surface area contributed by atoms with Gasteiger partial charge < -0.3 is 4.90 Å². The highest BCUT2D eigenvalue weighted by molar-refractivity contribution is 8.00. The van der Waals surface area contributed by atoms with Gasteiger partial charge in [-0.1, -0.05) is 6.07 Å². The summed E-state index contributed by atoms with van der Waals surface area (Å²) in [5.41, 5.74) is 0.0560. The summed E-state index contributed by atoms with van der Waals surface area (Å²) in [7, 11) is 1.78. The molecule has 0 N–H and O–H groups in total. The van der Waals surface area contributed by atoms with Crippen molar-refractivity contribution >= 4 is 34.7 Å². The van der Waals surface area contributed by atoms with E-state index in [0.29, 0.717) is 12.3 Å². The molecule has 0 fully saturated rings. The molecule has 0 saturated carbocycles. The molecule has 0 radical (unpaired) electrons. The van der Waals surface area contributed by atoms with Crippen molar-refractivity contribution in [2.24, 2.45) is 0 Å². The van der Waals surface area contributed by atoms with E-state index in [1.165, 1.54) is 23.9 Å². The lowest BCUT2D eigenvalue weighted by atomic mass is 10.3. The summed E-state index contributed by atoms with van der Waals surface area (Å²) in [5, 5.41) is 12.5. The molecular formula is C14H14N2O3S2. The molecule has 1 aromatic carbocycles. The van der Waals surface area contributed by atoms with Gasteiger partial charge in [0.15, 0.2) is 0 Å². The number of non-ortho nitro benzene ring substituents is 1. The number of amides is 1. The van der Waals surface area contributed by atoms with Crippen molar-refractivity contribution in [1.29, 1.82) is 0 Å². The fourth-order valence-electron chi connectivity index (χ4n) is 1.64. The summed E-state index contributed by atoms with van der Waals surface area (Å²) in [4.78, 5) is 25.8. The predicted octanol–water partition coefficient (Wildman–Crippen LogP) is 3.41. The molecule has 0 aliphatic heterocycles. The van der Waals surface area contributed by atoms with Crippen molar-refractivity contribution in [3.8, 4) is 0 Å². The van der Waals surface area contributed by atoms with Crippen molar-refractivity contribution in [2.75, 3.05) is 12.8 Å². The van der Waals surface area contributed by atoms with Gasteiger partial charge in [-0.2, -0.15) is 0 Å². The van der Waals surface area contributed by atoms with Crippen LogP contribution in [0.15, 0.2) is 46.7 Å². The van der Waals surface area contributed by atoms with Crippen LogP contribution in [0.4, 0.5) is 5.69 Å². The molecule has 0 aliphatic carbocycles. The zero-order chi connectivity index (χ0) is 15.2. The number of carbonyl (C=O) groups is 1. The van der Waals surface area contributed by atoms with Crippen LogP contribution in [-0.2, 0) is 11.3 Å². The Kier molecular flexibility index (Phi) is 5.35. The topological polar surface area (TPSA) is 63.5 Å². The average Bonchev–Trinajstić information content (AvgIpc) is 2.98. The van der Waals surface area contributed by atoms with Gasteiger partial charge >= 0.3 is 0 Å². The van der Waals surface area contributed by atoms with Crippen LogP contribution in [0, 0.1) is 10.1 Å². The van der Waals surface area contributed by atoms with E-state index in [1.807, 2.05) is 17.5 Å². The first kappa shape index (κ1) is 15.5. The maximum absolute atomic E-state index is 12.0. The van der Waals surface area contributed by atoms with Crippen molar-refractivity contribution in [3.05, 3.63) is 56.8 Å². The first-order valence-corrected chi connectivity index (χ1v) is 8.06. The summed E-state index contributed by atoms with van der Waals surface area (Å²) < 4.78 is 0. The summed E-state index contributed by atoms with van der Waals surface area (Å²) >= 11 is 3.00. The molecule has 2 rings (SSSR count). The van der Waals surface area contributed by atoms with E-state index < -0.39 is 4.92 Å². The third-order valence-electron chi connectivity index (χ3n) is 2.81. The fourth-order valence-corrected chi connectivity index (χ4v) is 3.24. The van der Waals surface area contributed by atoms with Gasteiger partial charge in [0.2, 0.25) is 5.91 Å². The molecule has 2 aromatic rings. The van der Waals surface area contributed by atoms with Crippen LogP contribution in [0.5, 0.6) is 0 Å². The second kappa shape index (κ2) is 7.24. The van der Waals surface area contributed by atoms with Crippen molar-refractivity contribution in [3.63, 3.8) is 0 Å². The Balaban J connectivity index is 1.84. The molecular weight excluding hydrogens is 308 g/mol. The monoisotopic (exact) mass is 322 g/mol. The second-order valence-electron chi connectivity index (χ2n) is 4.37. The van der Waals surface area contributed by atoms with Gasteiger partial charge in [-0.25, -0.2) is 0 Å². The van der Waals surface area contributed by atoms with Crippen LogP contribution < -0.4 is 0 Å². The van der Waals surface area contributed by atoms with Gasteiger partial charge in [0.1, 0.15) is 0 Å². The number of rotatable bonds is 6. The van der Waals surface area contributed by atoms with Crippen LogP contribution >= 0.6 is 23.1 Å².